The molecule has 0 aromatic heterocycles. The van der Waals surface area contributed by atoms with Gasteiger partial charge in [-0.05, 0) is 0 Å². The molecule has 0 spiro atoms. The molecule has 4 N–H and O–H groups in total. The minimum Gasteiger partial charge on any atom is -0.430 e. The third-order valence-electron chi connectivity index (χ3n) is 0.490. The van der Waals surface area contributed by atoms with Crippen molar-refractivity contribution >= 4 is 24.2 Å². The second-order valence-electron chi connectivity index (χ2n) is 1.20. The zero-order valence-electron chi connectivity index (χ0n) is 4.98. The van der Waals surface area contributed by atoms with E-state index in [1.807, 2.05) is 5.23 Å². The first-order chi connectivity index (χ1) is 4.66. The fourth-order valence-electron chi connectivity index (χ4n) is 0.241. The summed E-state index contributed by atoms with van der Waals surface area (Å²) in [6.45, 7) is -0.307. The van der Waals surface area contributed by atoms with Crippen LogP contribution >= 0.6 is 0 Å². The predicted molar refractivity (Wildman–Crippen MR) is 36.0 cm³/mol. The molecular formula is C2H6BN3O3S-. The number of hydrogen-bond donors (Lipinski definition) is 3. The van der Waals surface area contributed by atoms with Gasteiger partial charge in [0, 0.05) is 6.51 Å². The van der Waals surface area contributed by atoms with E-state index in [-0.39, 0.29) is 6.51 Å². The van der Waals surface area contributed by atoms with Crippen LogP contribution in [0.2, 0.25) is 0 Å². The molecule has 0 saturated heterocycles. The van der Waals surface area contributed by atoms with Crippen LogP contribution in [-0.4, -0.2) is 25.1 Å². The van der Waals surface area contributed by atoms with Crippen molar-refractivity contribution in [3.8, 4) is 0 Å². The summed E-state index contributed by atoms with van der Waals surface area (Å²) in [5.41, 5.74) is 0. The van der Waals surface area contributed by atoms with Crippen molar-refractivity contribution in [2.75, 3.05) is 6.51 Å². The zero-order chi connectivity index (χ0) is 7.98. The van der Waals surface area contributed by atoms with Crippen LogP contribution < -0.4 is 10.4 Å². The Morgan fingerprint density at radius 2 is 2.50 bits per heavy atom. The number of nitrogens with zero attached hydrogens (tertiary/aromatic N) is 1. The molecule has 0 rings (SSSR count). The highest BCUT2D eigenvalue weighted by atomic mass is 32.2. The molecule has 1 radical (unpaired) electrons. The summed E-state index contributed by atoms with van der Waals surface area (Å²) in [6.07, 6.45) is 0. The average Bonchev–Trinajstić information content (AvgIpc) is 1.82. The quantitative estimate of drug-likeness (QED) is 0.333. The zero-order valence-corrected chi connectivity index (χ0v) is 5.80. The monoisotopic (exact) mass is 163 g/mol. The molecule has 8 heteroatoms. The number of urea groups is 1. The Morgan fingerprint density at radius 1 is 1.90 bits per heavy atom. The lowest BCUT2D eigenvalue weighted by atomic mass is 9.98. The standard InChI is InChI=1S/C2H6BN3O3S/c4-10(9)6-2(8)5-3-1-7/h7H,1H2,(H3,4,5,6,8,9)/q-1. The fourth-order valence-corrected chi connectivity index (χ4v) is 0.457. The Kier molecular flexibility index (Phi) is 4.90. The van der Waals surface area contributed by atoms with Crippen LogP contribution in [0, 0.1) is 0 Å². The minimum absolute atomic E-state index is 0.307. The molecule has 0 heterocycles. The molecule has 2 amide bonds. The number of rotatable bonds is 2. The summed E-state index contributed by atoms with van der Waals surface area (Å²) in [4.78, 5) is 10.3. The highest BCUT2D eigenvalue weighted by Gasteiger charge is 1.91. The Morgan fingerprint density at radius 3 is 2.90 bits per heavy atom. The number of carbonyl (C=O) groups is 1. The normalized spacial score (nSPS) is 12.6. The van der Waals surface area contributed by atoms with Crippen molar-refractivity contribution in [3.63, 3.8) is 0 Å². The molecular weight excluding hydrogens is 157 g/mol. The van der Waals surface area contributed by atoms with Crippen LogP contribution in [0.15, 0.2) is 4.36 Å². The maximum atomic E-state index is 10.3. The Bertz CT molecular complexity index is 188. The first-order valence-electron chi connectivity index (χ1n) is 2.28. The smallest absolute Gasteiger partial charge is 0.306 e. The average molecular weight is 163 g/mol. The Labute approximate surface area is 60.4 Å². The van der Waals surface area contributed by atoms with E-state index in [9.17, 15) is 9.00 Å². The number of carbonyl (C=O) groups excluding carboxylic acids is 1. The van der Waals surface area contributed by atoms with Crippen LogP contribution in [0.3, 0.4) is 0 Å². The highest BCUT2D eigenvalue weighted by Crippen LogP contribution is 1.70. The lowest BCUT2D eigenvalue weighted by molar-refractivity contribution is 0.253. The van der Waals surface area contributed by atoms with Gasteiger partial charge in [-0.15, -0.1) is 10.8 Å². The van der Waals surface area contributed by atoms with E-state index in [1.54, 1.807) is 0 Å². The first kappa shape index (κ1) is 9.40. The van der Waals surface area contributed by atoms with Gasteiger partial charge in [0.1, 0.15) is 0 Å². The summed E-state index contributed by atoms with van der Waals surface area (Å²) in [7, 11) is -0.934. The maximum Gasteiger partial charge on any atom is 0.306 e. The van der Waals surface area contributed by atoms with Gasteiger partial charge >= 0.3 is 6.03 Å². The van der Waals surface area contributed by atoms with Gasteiger partial charge in [0.05, 0.1) is 0 Å². The number of aliphatic hydroxyl groups excluding tert-OH is 1. The molecule has 0 aliphatic heterocycles. The fraction of sp³-hybridized carbons (Fsp3) is 0.500. The van der Waals surface area contributed by atoms with Crippen LogP contribution in [0.4, 0.5) is 4.79 Å². The summed E-state index contributed by atoms with van der Waals surface area (Å²) in [5.74, 6) is 0. The Hall–Kier alpha value is -0.595. The molecule has 0 aliphatic carbocycles. The SMILES string of the molecule is N[S-](=O)=NC(=O)N[B]CO. The van der Waals surface area contributed by atoms with E-state index in [0.717, 1.165) is 7.41 Å². The second-order valence-corrected chi connectivity index (χ2v) is 1.94. The molecule has 0 atom stereocenters. The van der Waals surface area contributed by atoms with Crippen molar-refractivity contribution in [2.24, 2.45) is 9.50 Å². The van der Waals surface area contributed by atoms with E-state index in [4.69, 9.17) is 5.11 Å². The molecule has 10 heavy (non-hydrogen) atoms. The van der Waals surface area contributed by atoms with Gasteiger partial charge in [0.25, 0.3) is 7.41 Å². The molecule has 0 aromatic carbocycles. The van der Waals surface area contributed by atoms with Crippen LogP contribution in [0.5, 0.6) is 0 Å². The third-order valence-corrected chi connectivity index (χ3v) is 0.835. The number of aliphatic hydroxyl groups is 1. The van der Waals surface area contributed by atoms with Crippen molar-refractivity contribution < 1.29 is 14.1 Å². The molecule has 0 saturated carbocycles. The summed E-state index contributed by atoms with van der Waals surface area (Å²) in [6, 6.07) is -0.838. The summed E-state index contributed by atoms with van der Waals surface area (Å²) < 4.78 is 12.9. The van der Waals surface area contributed by atoms with E-state index >= 15 is 0 Å². The van der Waals surface area contributed by atoms with Crippen molar-refractivity contribution in [1.29, 1.82) is 0 Å². The van der Waals surface area contributed by atoms with E-state index in [1.165, 1.54) is 0 Å². The third kappa shape index (κ3) is 5.54. The van der Waals surface area contributed by atoms with Gasteiger partial charge in [0.2, 0.25) is 0 Å². The molecule has 0 fully saturated rings. The lowest BCUT2D eigenvalue weighted by Crippen LogP contribution is -2.27. The molecule has 6 nitrogen and oxygen atoms in total. The lowest BCUT2D eigenvalue weighted by Gasteiger charge is -1.97. The van der Waals surface area contributed by atoms with Crippen molar-refractivity contribution in [2.45, 2.75) is 0 Å². The van der Waals surface area contributed by atoms with E-state index in [0.29, 0.717) is 0 Å². The summed E-state index contributed by atoms with van der Waals surface area (Å²) >= 11 is 0. The summed E-state index contributed by atoms with van der Waals surface area (Å²) in [5, 5.41) is 14.8. The molecule has 0 unspecified atom stereocenters. The maximum absolute atomic E-state index is 10.3. The molecule has 57 valence electrons. The van der Waals surface area contributed by atoms with Gasteiger partial charge in [0.15, 0.2) is 0 Å². The molecule has 0 bridgehead atoms. The number of hydrogen-bond acceptors (Lipinski definition) is 4. The van der Waals surface area contributed by atoms with Crippen LogP contribution in [0.25, 0.3) is 0 Å². The van der Waals surface area contributed by atoms with Gasteiger partial charge in [-0.2, -0.15) is 0 Å². The van der Waals surface area contributed by atoms with E-state index < -0.39 is 16.8 Å². The second kappa shape index (κ2) is 5.21. The number of nitrogens with one attached hydrogen (secondary N) is 1. The van der Waals surface area contributed by atoms with Crippen molar-refractivity contribution in [1.82, 2.24) is 5.23 Å². The van der Waals surface area contributed by atoms with Gasteiger partial charge in [-0.1, -0.05) is 0 Å². The topological polar surface area (TPSA) is 105 Å². The van der Waals surface area contributed by atoms with Crippen LogP contribution in [0.1, 0.15) is 0 Å². The van der Waals surface area contributed by atoms with Gasteiger partial charge in [-0.25, -0.2) is 4.79 Å². The minimum atomic E-state index is -1.99. The van der Waals surface area contributed by atoms with Crippen molar-refractivity contribution in [3.05, 3.63) is 0 Å². The predicted octanol–water partition coefficient (Wildman–Crippen LogP) is -1.71. The Balaban J connectivity index is 3.65. The molecule has 0 aliphatic rings. The largest absolute Gasteiger partial charge is 0.430 e. The number of amides is 2. The van der Waals surface area contributed by atoms with Gasteiger partial charge in [-0.3, -0.25) is 0 Å². The van der Waals surface area contributed by atoms with Gasteiger partial charge < -0.3 is 24.0 Å². The highest BCUT2D eigenvalue weighted by molar-refractivity contribution is 7.72. The number of nitrogens with two attached hydrogens (primary N) is 1. The van der Waals surface area contributed by atoms with Crippen LogP contribution in [-0.2, 0) is 15.0 Å². The molecule has 0 aromatic rings. The van der Waals surface area contributed by atoms with E-state index in [2.05, 4.69) is 9.50 Å². The first-order valence-corrected chi connectivity index (χ1v) is 3.45.